The SMILES string of the molecule is CNC(c1ccccc1OC)C1(CO)COC1. The number of hydrogen-bond acceptors (Lipinski definition) is 4. The van der Waals surface area contributed by atoms with E-state index in [4.69, 9.17) is 9.47 Å². The van der Waals surface area contributed by atoms with Crippen molar-refractivity contribution in [2.45, 2.75) is 6.04 Å². The zero-order chi connectivity index (χ0) is 12.3. The Morgan fingerprint density at radius 2 is 2.18 bits per heavy atom. The Labute approximate surface area is 102 Å². The molecule has 0 bridgehead atoms. The van der Waals surface area contributed by atoms with Crippen molar-refractivity contribution in [2.24, 2.45) is 5.41 Å². The van der Waals surface area contributed by atoms with E-state index < -0.39 is 0 Å². The molecule has 2 rings (SSSR count). The standard InChI is InChI=1S/C13H19NO3/c1-14-12(13(7-15)8-17-9-13)10-5-3-4-6-11(10)16-2/h3-6,12,14-15H,7-9H2,1-2H3. The number of aliphatic hydroxyl groups is 1. The fraction of sp³-hybridized carbons (Fsp3) is 0.538. The molecule has 17 heavy (non-hydrogen) atoms. The molecule has 4 nitrogen and oxygen atoms in total. The highest BCUT2D eigenvalue weighted by molar-refractivity contribution is 5.37. The van der Waals surface area contributed by atoms with Gasteiger partial charge in [0.15, 0.2) is 0 Å². The average Bonchev–Trinajstić information content (AvgIpc) is 2.33. The Kier molecular flexibility index (Phi) is 3.66. The normalized spacial score (nSPS) is 19.5. The molecule has 0 aliphatic carbocycles. The maximum atomic E-state index is 9.60. The maximum absolute atomic E-state index is 9.60. The molecule has 2 N–H and O–H groups in total. The number of methoxy groups -OCH3 is 1. The van der Waals surface area contributed by atoms with E-state index in [-0.39, 0.29) is 18.1 Å². The fourth-order valence-corrected chi connectivity index (χ4v) is 2.41. The van der Waals surface area contributed by atoms with Gasteiger partial charge in [-0.2, -0.15) is 0 Å². The van der Waals surface area contributed by atoms with Gasteiger partial charge < -0.3 is 19.9 Å². The van der Waals surface area contributed by atoms with Crippen LogP contribution < -0.4 is 10.1 Å². The molecule has 1 heterocycles. The van der Waals surface area contributed by atoms with E-state index in [0.29, 0.717) is 13.2 Å². The first-order valence-corrected chi connectivity index (χ1v) is 5.76. The summed E-state index contributed by atoms with van der Waals surface area (Å²) in [6, 6.07) is 7.92. The second-order valence-electron chi connectivity index (χ2n) is 4.48. The van der Waals surface area contributed by atoms with Crippen LogP contribution in [0.15, 0.2) is 24.3 Å². The molecule has 1 saturated heterocycles. The van der Waals surface area contributed by atoms with Gasteiger partial charge in [-0.1, -0.05) is 18.2 Å². The monoisotopic (exact) mass is 237 g/mol. The molecule has 1 atom stereocenters. The number of para-hydroxylation sites is 1. The predicted octanol–water partition coefficient (Wildman–Crippen LogP) is 0.965. The molecule has 0 aromatic heterocycles. The molecule has 1 aromatic rings. The summed E-state index contributed by atoms with van der Waals surface area (Å²) in [5.74, 6) is 0.839. The van der Waals surface area contributed by atoms with Crippen LogP contribution in [0.5, 0.6) is 5.75 Å². The van der Waals surface area contributed by atoms with Crippen molar-refractivity contribution in [2.75, 3.05) is 34.0 Å². The Morgan fingerprint density at radius 1 is 1.47 bits per heavy atom. The van der Waals surface area contributed by atoms with Crippen LogP contribution in [0.25, 0.3) is 0 Å². The van der Waals surface area contributed by atoms with Crippen molar-refractivity contribution in [3.05, 3.63) is 29.8 Å². The molecule has 4 heteroatoms. The molecule has 1 aliphatic rings. The van der Waals surface area contributed by atoms with Crippen molar-refractivity contribution in [1.82, 2.24) is 5.32 Å². The van der Waals surface area contributed by atoms with Crippen molar-refractivity contribution >= 4 is 0 Å². The molecule has 1 unspecified atom stereocenters. The number of hydrogen-bond donors (Lipinski definition) is 2. The van der Waals surface area contributed by atoms with Crippen molar-refractivity contribution in [3.8, 4) is 5.75 Å². The van der Waals surface area contributed by atoms with E-state index in [2.05, 4.69) is 5.32 Å². The first-order chi connectivity index (χ1) is 8.27. The third-order valence-electron chi connectivity index (χ3n) is 3.44. The minimum Gasteiger partial charge on any atom is -0.496 e. The number of ether oxygens (including phenoxy) is 2. The van der Waals surface area contributed by atoms with E-state index in [1.807, 2.05) is 31.3 Å². The van der Waals surface area contributed by atoms with Gasteiger partial charge in [0.2, 0.25) is 0 Å². The minimum absolute atomic E-state index is 0.0393. The van der Waals surface area contributed by atoms with E-state index in [0.717, 1.165) is 11.3 Å². The molecular weight excluding hydrogens is 218 g/mol. The summed E-state index contributed by atoms with van der Waals surface area (Å²) < 4.78 is 10.6. The summed E-state index contributed by atoms with van der Waals surface area (Å²) in [7, 11) is 3.56. The number of rotatable bonds is 5. The largest absolute Gasteiger partial charge is 0.496 e. The summed E-state index contributed by atoms with van der Waals surface area (Å²) in [6.45, 7) is 1.26. The van der Waals surface area contributed by atoms with E-state index in [1.165, 1.54) is 0 Å². The van der Waals surface area contributed by atoms with Gasteiger partial charge in [0.1, 0.15) is 5.75 Å². The van der Waals surface area contributed by atoms with Crippen molar-refractivity contribution < 1.29 is 14.6 Å². The molecule has 1 aliphatic heterocycles. The third kappa shape index (κ3) is 2.04. The third-order valence-corrected chi connectivity index (χ3v) is 3.44. The summed E-state index contributed by atoms with van der Waals surface area (Å²) >= 11 is 0. The Hall–Kier alpha value is -1.10. The number of nitrogens with one attached hydrogen (secondary N) is 1. The lowest BCUT2D eigenvalue weighted by Gasteiger charge is -2.46. The highest BCUT2D eigenvalue weighted by Gasteiger charge is 2.46. The number of benzene rings is 1. The van der Waals surface area contributed by atoms with Gasteiger partial charge in [-0.3, -0.25) is 0 Å². The molecule has 0 amide bonds. The van der Waals surface area contributed by atoms with Gasteiger partial charge >= 0.3 is 0 Å². The van der Waals surface area contributed by atoms with Crippen LogP contribution in [-0.2, 0) is 4.74 Å². The van der Waals surface area contributed by atoms with Crippen LogP contribution in [0.2, 0.25) is 0 Å². The van der Waals surface area contributed by atoms with Gasteiger partial charge in [-0.25, -0.2) is 0 Å². The lowest BCUT2D eigenvalue weighted by atomic mass is 9.75. The average molecular weight is 237 g/mol. The van der Waals surface area contributed by atoms with Crippen LogP contribution in [0.3, 0.4) is 0 Å². The van der Waals surface area contributed by atoms with E-state index in [9.17, 15) is 5.11 Å². The maximum Gasteiger partial charge on any atom is 0.123 e. The summed E-state index contributed by atoms with van der Waals surface area (Å²) in [5.41, 5.74) is 0.832. The van der Waals surface area contributed by atoms with Crippen LogP contribution in [0.1, 0.15) is 11.6 Å². The van der Waals surface area contributed by atoms with E-state index in [1.54, 1.807) is 7.11 Å². The van der Waals surface area contributed by atoms with E-state index >= 15 is 0 Å². The molecular formula is C13H19NO3. The second-order valence-corrected chi connectivity index (χ2v) is 4.48. The fourth-order valence-electron chi connectivity index (χ4n) is 2.41. The van der Waals surface area contributed by atoms with Gasteiger partial charge in [-0.15, -0.1) is 0 Å². The van der Waals surface area contributed by atoms with Crippen molar-refractivity contribution in [1.29, 1.82) is 0 Å². The Bertz CT molecular complexity index is 371. The zero-order valence-electron chi connectivity index (χ0n) is 10.3. The van der Waals surface area contributed by atoms with Crippen LogP contribution in [-0.4, -0.2) is 39.1 Å². The summed E-state index contributed by atoms with van der Waals surface area (Å²) in [6.07, 6.45) is 0. The van der Waals surface area contributed by atoms with Crippen LogP contribution in [0, 0.1) is 5.41 Å². The van der Waals surface area contributed by atoms with Crippen molar-refractivity contribution in [3.63, 3.8) is 0 Å². The van der Waals surface area contributed by atoms with Gasteiger partial charge in [0.05, 0.1) is 32.3 Å². The molecule has 94 valence electrons. The van der Waals surface area contributed by atoms with Crippen LogP contribution in [0.4, 0.5) is 0 Å². The number of aliphatic hydroxyl groups excluding tert-OH is 1. The van der Waals surface area contributed by atoms with Gasteiger partial charge in [-0.05, 0) is 13.1 Å². The minimum atomic E-state index is -0.233. The highest BCUT2D eigenvalue weighted by atomic mass is 16.5. The molecule has 0 spiro atoms. The summed E-state index contributed by atoms with van der Waals surface area (Å²) in [4.78, 5) is 0. The highest BCUT2D eigenvalue weighted by Crippen LogP contribution is 2.42. The van der Waals surface area contributed by atoms with Gasteiger partial charge in [0, 0.05) is 11.6 Å². The van der Waals surface area contributed by atoms with Gasteiger partial charge in [0.25, 0.3) is 0 Å². The molecule has 0 radical (unpaired) electrons. The molecule has 1 fully saturated rings. The molecule has 1 aromatic carbocycles. The molecule has 0 saturated carbocycles. The Morgan fingerprint density at radius 3 is 2.65 bits per heavy atom. The van der Waals surface area contributed by atoms with Crippen LogP contribution >= 0.6 is 0 Å². The topological polar surface area (TPSA) is 50.7 Å². The zero-order valence-corrected chi connectivity index (χ0v) is 10.3. The predicted molar refractivity (Wildman–Crippen MR) is 65.1 cm³/mol. The lowest BCUT2D eigenvalue weighted by Crippen LogP contribution is -2.53. The first kappa shape index (κ1) is 12.4. The first-order valence-electron chi connectivity index (χ1n) is 5.76. The lowest BCUT2D eigenvalue weighted by molar-refractivity contribution is -0.155. The Balaban J connectivity index is 2.34. The quantitative estimate of drug-likeness (QED) is 0.801. The second kappa shape index (κ2) is 5.04. The smallest absolute Gasteiger partial charge is 0.123 e. The summed E-state index contributed by atoms with van der Waals surface area (Å²) in [5, 5.41) is 12.9.